The molecule has 0 saturated carbocycles. The van der Waals surface area contributed by atoms with Crippen LogP contribution in [0, 0.1) is 0 Å². The molecule has 1 heterocycles. The van der Waals surface area contributed by atoms with Crippen LogP contribution in [0.5, 0.6) is 5.75 Å². The van der Waals surface area contributed by atoms with E-state index in [1.165, 1.54) is 11.8 Å². The summed E-state index contributed by atoms with van der Waals surface area (Å²) in [6.45, 7) is -0.0355. The van der Waals surface area contributed by atoms with Gasteiger partial charge in [-0.1, -0.05) is 36.4 Å². The predicted octanol–water partition coefficient (Wildman–Crippen LogP) is 2.90. The van der Waals surface area contributed by atoms with Gasteiger partial charge in [-0.15, -0.1) is 0 Å². The highest BCUT2D eigenvalue weighted by Crippen LogP contribution is 2.20. The Hall–Kier alpha value is -3.13. The monoisotopic (exact) mass is 400 g/mol. The van der Waals surface area contributed by atoms with Crippen molar-refractivity contribution < 1.29 is 22.7 Å². The van der Waals surface area contributed by atoms with Crippen LogP contribution in [0.25, 0.3) is 5.69 Å². The molecule has 0 atom stereocenters. The number of rotatable bonds is 8. The summed E-state index contributed by atoms with van der Waals surface area (Å²) in [5.74, 6) is -0.491. The predicted molar refractivity (Wildman–Crippen MR) is 104 cm³/mol. The fraction of sp³-hybridized carbons (Fsp3) is 0.200. The van der Waals surface area contributed by atoms with Crippen molar-refractivity contribution in [1.29, 1.82) is 0 Å². The maximum atomic E-state index is 12.3. The summed E-state index contributed by atoms with van der Waals surface area (Å²) in [5, 5.41) is 4.23. The zero-order valence-corrected chi connectivity index (χ0v) is 16.1. The second kappa shape index (κ2) is 8.71. The molecule has 7 nitrogen and oxygen atoms in total. The number of carbonyl (C=O) groups excluding carboxylic acids is 1. The average molecular weight is 400 g/mol. The molecule has 2 aromatic carbocycles. The number of para-hydroxylation sites is 1. The summed E-state index contributed by atoms with van der Waals surface area (Å²) in [7, 11) is -1.96. The van der Waals surface area contributed by atoms with E-state index >= 15 is 0 Å². The van der Waals surface area contributed by atoms with Gasteiger partial charge in [0.1, 0.15) is 0 Å². The molecule has 1 aromatic heterocycles. The van der Waals surface area contributed by atoms with E-state index in [4.69, 9.17) is 9.47 Å². The van der Waals surface area contributed by atoms with Crippen LogP contribution in [-0.2, 0) is 14.6 Å². The minimum absolute atomic E-state index is 0.0355. The number of hydrogen-bond acceptors (Lipinski definition) is 6. The van der Waals surface area contributed by atoms with Gasteiger partial charge in [0.25, 0.3) is 0 Å². The van der Waals surface area contributed by atoms with Crippen molar-refractivity contribution in [2.45, 2.75) is 11.3 Å². The minimum Gasteiger partial charge on any atom is -0.493 e. The smallest absolute Gasteiger partial charge is 0.362 e. The van der Waals surface area contributed by atoms with Crippen molar-refractivity contribution in [2.24, 2.45) is 0 Å². The zero-order valence-electron chi connectivity index (χ0n) is 15.3. The van der Waals surface area contributed by atoms with Crippen LogP contribution in [0.1, 0.15) is 16.9 Å². The first-order chi connectivity index (χ1) is 13.5. The second-order valence-corrected chi connectivity index (χ2v) is 8.06. The largest absolute Gasteiger partial charge is 0.493 e. The first-order valence-electron chi connectivity index (χ1n) is 8.65. The molecule has 28 heavy (non-hydrogen) atoms. The van der Waals surface area contributed by atoms with Gasteiger partial charge in [0.2, 0.25) is 5.69 Å². The zero-order chi connectivity index (χ0) is 20.0. The third-order valence-corrected chi connectivity index (χ3v) is 5.82. The van der Waals surface area contributed by atoms with Gasteiger partial charge in [0.15, 0.2) is 15.6 Å². The summed E-state index contributed by atoms with van der Waals surface area (Å²) in [6.07, 6.45) is 1.77. The summed E-state index contributed by atoms with van der Waals surface area (Å²) in [6, 6.07) is 17.5. The molecular formula is C20H20N2O5S. The Morgan fingerprint density at radius 1 is 1.04 bits per heavy atom. The standard InChI is InChI=1S/C20H20N2O5S/c1-26-18-15-22(16-9-4-2-5-10-16)21-19(18)20(23)27-13-8-14-28(24,25)17-11-6-3-7-12-17/h2-7,9-12,15H,8,13-14H2,1H3. The van der Waals surface area contributed by atoms with Gasteiger partial charge in [-0.3, -0.25) is 0 Å². The van der Waals surface area contributed by atoms with E-state index in [1.54, 1.807) is 36.5 Å². The first kappa shape index (κ1) is 19.6. The molecule has 0 spiro atoms. The number of ether oxygens (including phenoxy) is 2. The summed E-state index contributed by atoms with van der Waals surface area (Å²) in [5.41, 5.74) is 0.811. The Morgan fingerprint density at radius 2 is 1.68 bits per heavy atom. The van der Waals surface area contributed by atoms with Crippen LogP contribution in [0.4, 0.5) is 0 Å². The van der Waals surface area contributed by atoms with Gasteiger partial charge in [-0.25, -0.2) is 17.9 Å². The van der Waals surface area contributed by atoms with Crippen molar-refractivity contribution in [1.82, 2.24) is 9.78 Å². The van der Waals surface area contributed by atoms with Crippen molar-refractivity contribution >= 4 is 15.8 Å². The number of benzene rings is 2. The first-order valence-corrected chi connectivity index (χ1v) is 10.3. The minimum atomic E-state index is -3.40. The molecule has 3 rings (SSSR count). The number of hydrogen-bond donors (Lipinski definition) is 0. The third kappa shape index (κ3) is 4.58. The van der Waals surface area contributed by atoms with E-state index < -0.39 is 15.8 Å². The molecule has 0 unspecified atom stereocenters. The molecular weight excluding hydrogens is 380 g/mol. The normalized spacial score (nSPS) is 11.2. The number of nitrogens with zero attached hydrogens (tertiary/aromatic N) is 2. The Balaban J connectivity index is 1.60. The van der Waals surface area contributed by atoms with Crippen LogP contribution in [-0.4, -0.2) is 43.6 Å². The Morgan fingerprint density at radius 3 is 2.32 bits per heavy atom. The fourth-order valence-corrected chi connectivity index (χ4v) is 3.90. The van der Waals surface area contributed by atoms with E-state index in [0.29, 0.717) is 0 Å². The fourth-order valence-electron chi connectivity index (χ4n) is 2.59. The molecule has 0 saturated heterocycles. The second-order valence-electron chi connectivity index (χ2n) is 5.95. The Kier molecular flexibility index (Phi) is 6.10. The molecule has 0 N–H and O–H groups in total. The number of esters is 1. The molecule has 0 aliphatic rings. The van der Waals surface area contributed by atoms with Crippen molar-refractivity contribution in [2.75, 3.05) is 19.5 Å². The molecule has 0 fully saturated rings. The average Bonchev–Trinajstić information content (AvgIpc) is 3.17. The van der Waals surface area contributed by atoms with Gasteiger partial charge in [0.05, 0.1) is 36.2 Å². The quantitative estimate of drug-likeness (QED) is 0.427. The molecule has 0 amide bonds. The molecule has 8 heteroatoms. The lowest BCUT2D eigenvalue weighted by Crippen LogP contribution is -2.13. The third-order valence-electron chi connectivity index (χ3n) is 4.01. The SMILES string of the molecule is COc1cn(-c2ccccc2)nc1C(=O)OCCCS(=O)(=O)c1ccccc1. The highest BCUT2D eigenvalue weighted by Gasteiger charge is 2.20. The topological polar surface area (TPSA) is 87.5 Å². The lowest BCUT2D eigenvalue weighted by atomic mass is 10.3. The van der Waals surface area contributed by atoms with E-state index in [-0.39, 0.29) is 35.1 Å². The number of methoxy groups -OCH3 is 1. The molecule has 0 aliphatic heterocycles. The van der Waals surface area contributed by atoms with E-state index in [9.17, 15) is 13.2 Å². The summed E-state index contributed by atoms with van der Waals surface area (Å²) >= 11 is 0. The van der Waals surface area contributed by atoms with E-state index in [2.05, 4.69) is 5.10 Å². The van der Waals surface area contributed by atoms with Crippen LogP contribution >= 0.6 is 0 Å². The van der Waals surface area contributed by atoms with Crippen LogP contribution in [0.2, 0.25) is 0 Å². The lowest BCUT2D eigenvalue weighted by Gasteiger charge is -2.06. The number of sulfone groups is 1. The molecule has 0 radical (unpaired) electrons. The molecule has 0 bridgehead atoms. The van der Waals surface area contributed by atoms with Gasteiger partial charge in [0, 0.05) is 0 Å². The van der Waals surface area contributed by atoms with Crippen LogP contribution in [0.15, 0.2) is 71.8 Å². The Labute approximate surface area is 163 Å². The number of aromatic nitrogens is 2. The maximum Gasteiger partial charge on any atom is 0.362 e. The van der Waals surface area contributed by atoms with Crippen LogP contribution in [0.3, 0.4) is 0 Å². The van der Waals surface area contributed by atoms with Crippen molar-refractivity contribution in [3.05, 3.63) is 72.6 Å². The van der Waals surface area contributed by atoms with Crippen molar-refractivity contribution in [3.63, 3.8) is 0 Å². The highest BCUT2D eigenvalue weighted by molar-refractivity contribution is 7.91. The summed E-state index contributed by atoms with van der Waals surface area (Å²) < 4.78 is 36.4. The molecule has 0 aliphatic carbocycles. The van der Waals surface area contributed by atoms with Gasteiger partial charge in [-0.2, -0.15) is 5.10 Å². The van der Waals surface area contributed by atoms with Gasteiger partial charge < -0.3 is 9.47 Å². The molecule has 3 aromatic rings. The lowest BCUT2D eigenvalue weighted by molar-refractivity contribution is 0.0494. The summed E-state index contributed by atoms with van der Waals surface area (Å²) in [4.78, 5) is 12.6. The maximum absolute atomic E-state index is 12.3. The van der Waals surface area contributed by atoms with E-state index in [0.717, 1.165) is 5.69 Å². The molecule has 146 valence electrons. The van der Waals surface area contributed by atoms with Crippen LogP contribution < -0.4 is 4.74 Å². The Bertz CT molecular complexity index is 1030. The van der Waals surface area contributed by atoms with Gasteiger partial charge in [-0.05, 0) is 30.7 Å². The van der Waals surface area contributed by atoms with Crippen molar-refractivity contribution in [3.8, 4) is 11.4 Å². The highest BCUT2D eigenvalue weighted by atomic mass is 32.2. The van der Waals surface area contributed by atoms with Gasteiger partial charge >= 0.3 is 5.97 Å². The number of carbonyl (C=O) groups is 1. The van der Waals surface area contributed by atoms with E-state index in [1.807, 2.05) is 30.3 Å².